The molecule has 0 spiro atoms. The number of likely N-dealkylation sites (N-methyl/N-ethyl adjacent to an activating group) is 1. The number of benzene rings is 2. The third-order valence-electron chi connectivity index (χ3n) is 6.10. The van der Waals surface area contributed by atoms with Gasteiger partial charge in [0.05, 0.1) is 0 Å². The Morgan fingerprint density at radius 2 is 1.72 bits per heavy atom. The van der Waals surface area contributed by atoms with E-state index in [1.54, 1.807) is 36.2 Å². The lowest BCUT2D eigenvalue weighted by molar-refractivity contribution is 0.0952. The van der Waals surface area contributed by atoms with Gasteiger partial charge in [-0.05, 0) is 68.9 Å². The third kappa shape index (κ3) is 7.64. The van der Waals surface area contributed by atoms with Crippen molar-refractivity contribution < 1.29 is 14.1 Å². The zero-order valence-electron chi connectivity index (χ0n) is 21.6. The Balaban J connectivity index is 1.47. The molecule has 3 rings (SSSR count). The Morgan fingerprint density at radius 1 is 1.00 bits per heavy atom. The van der Waals surface area contributed by atoms with Crippen LogP contribution in [-0.2, 0) is 6.42 Å². The van der Waals surface area contributed by atoms with Gasteiger partial charge in [0.15, 0.2) is 5.82 Å². The second-order valence-corrected chi connectivity index (χ2v) is 8.65. The fraction of sp³-hybridized carbons (Fsp3) is 0.407. The molecule has 2 aromatic carbocycles. The van der Waals surface area contributed by atoms with Gasteiger partial charge < -0.3 is 25.0 Å². The van der Waals surface area contributed by atoms with Crippen LogP contribution in [0.25, 0.3) is 11.5 Å². The Kier molecular flexibility index (Phi) is 10.00. The standard InChI is InChI=1S/C27H36N6O3/c1-5-33(6-2)18-9-17-28-25(34)21-12-14-22(15-13-21)26-30-24(31-36-26)16-19-32(4)27(35)29-23-11-8-7-10-20(23)3/h7-8,10-15H,5-6,9,16-19H2,1-4H3,(H,28,34)(H,29,35). The minimum atomic E-state index is -0.199. The smallest absolute Gasteiger partial charge is 0.321 e. The van der Waals surface area contributed by atoms with Crippen molar-refractivity contribution in [3.8, 4) is 11.5 Å². The summed E-state index contributed by atoms with van der Waals surface area (Å²) in [5, 5.41) is 9.90. The molecule has 0 saturated carbocycles. The van der Waals surface area contributed by atoms with E-state index in [0.717, 1.165) is 42.9 Å². The topological polar surface area (TPSA) is 104 Å². The summed E-state index contributed by atoms with van der Waals surface area (Å²) in [6, 6.07) is 14.5. The van der Waals surface area contributed by atoms with Crippen LogP contribution < -0.4 is 10.6 Å². The second kappa shape index (κ2) is 13.4. The highest BCUT2D eigenvalue weighted by Crippen LogP contribution is 2.18. The fourth-order valence-electron chi connectivity index (χ4n) is 3.68. The fourth-order valence-corrected chi connectivity index (χ4v) is 3.68. The zero-order chi connectivity index (χ0) is 25.9. The van der Waals surface area contributed by atoms with Crippen molar-refractivity contribution in [2.45, 2.75) is 33.6 Å². The molecule has 0 aliphatic heterocycles. The predicted octanol–water partition coefficient (Wildman–Crippen LogP) is 4.21. The summed E-state index contributed by atoms with van der Waals surface area (Å²) in [7, 11) is 1.72. The van der Waals surface area contributed by atoms with E-state index in [2.05, 4.69) is 39.5 Å². The number of aryl methyl sites for hydroxylation is 1. The molecule has 1 heterocycles. The molecule has 36 heavy (non-hydrogen) atoms. The van der Waals surface area contributed by atoms with Gasteiger partial charge in [0, 0.05) is 43.4 Å². The number of anilines is 1. The van der Waals surface area contributed by atoms with Crippen molar-refractivity contribution >= 4 is 17.6 Å². The maximum Gasteiger partial charge on any atom is 0.321 e. The molecule has 9 nitrogen and oxygen atoms in total. The van der Waals surface area contributed by atoms with Crippen LogP contribution in [0.3, 0.4) is 0 Å². The lowest BCUT2D eigenvalue weighted by Gasteiger charge is -2.18. The number of carbonyl (C=O) groups is 2. The Hall–Kier alpha value is -3.72. The van der Waals surface area contributed by atoms with Gasteiger partial charge in [-0.3, -0.25) is 4.79 Å². The minimum Gasteiger partial charge on any atom is -0.352 e. The Bertz CT molecular complexity index is 1120. The van der Waals surface area contributed by atoms with Gasteiger partial charge in [-0.2, -0.15) is 4.98 Å². The van der Waals surface area contributed by atoms with Crippen LogP contribution in [0.2, 0.25) is 0 Å². The number of amides is 3. The Morgan fingerprint density at radius 3 is 2.42 bits per heavy atom. The van der Waals surface area contributed by atoms with Gasteiger partial charge >= 0.3 is 6.03 Å². The van der Waals surface area contributed by atoms with Crippen molar-refractivity contribution in [3.63, 3.8) is 0 Å². The van der Waals surface area contributed by atoms with Gasteiger partial charge in [0.25, 0.3) is 11.8 Å². The van der Waals surface area contributed by atoms with E-state index in [1.165, 1.54) is 0 Å². The minimum absolute atomic E-state index is 0.0978. The van der Waals surface area contributed by atoms with Crippen LogP contribution >= 0.6 is 0 Å². The molecule has 0 saturated heterocycles. The molecule has 0 fully saturated rings. The van der Waals surface area contributed by atoms with Crippen molar-refractivity contribution in [1.29, 1.82) is 0 Å². The summed E-state index contributed by atoms with van der Waals surface area (Å²) in [5.74, 6) is 0.790. The van der Waals surface area contributed by atoms with Crippen molar-refractivity contribution in [2.24, 2.45) is 0 Å². The number of hydrogen-bond donors (Lipinski definition) is 2. The molecular formula is C27H36N6O3. The lowest BCUT2D eigenvalue weighted by atomic mass is 10.1. The molecule has 0 bridgehead atoms. The van der Waals surface area contributed by atoms with Crippen LogP contribution in [-0.4, -0.2) is 71.7 Å². The van der Waals surface area contributed by atoms with Crippen molar-refractivity contribution in [2.75, 3.05) is 45.1 Å². The van der Waals surface area contributed by atoms with Crippen molar-refractivity contribution in [3.05, 3.63) is 65.5 Å². The molecule has 9 heteroatoms. The third-order valence-corrected chi connectivity index (χ3v) is 6.10. The number of nitrogens with zero attached hydrogens (tertiary/aromatic N) is 4. The summed E-state index contributed by atoms with van der Waals surface area (Å²) in [6.07, 6.45) is 1.37. The van der Waals surface area contributed by atoms with E-state index in [1.807, 2.05) is 31.2 Å². The molecule has 0 atom stereocenters. The first kappa shape index (κ1) is 26.9. The number of nitrogens with one attached hydrogen (secondary N) is 2. The van der Waals surface area contributed by atoms with Gasteiger partial charge in [-0.15, -0.1) is 0 Å². The van der Waals surface area contributed by atoms with E-state index in [4.69, 9.17) is 4.52 Å². The average Bonchev–Trinajstić information content (AvgIpc) is 3.37. The van der Waals surface area contributed by atoms with E-state index in [9.17, 15) is 9.59 Å². The summed E-state index contributed by atoms with van der Waals surface area (Å²) in [5.41, 5.74) is 3.11. The summed E-state index contributed by atoms with van der Waals surface area (Å²) >= 11 is 0. The van der Waals surface area contributed by atoms with Crippen LogP contribution in [0.15, 0.2) is 53.1 Å². The molecule has 2 N–H and O–H groups in total. The monoisotopic (exact) mass is 492 g/mol. The highest BCUT2D eigenvalue weighted by atomic mass is 16.5. The molecule has 3 aromatic rings. The first-order valence-electron chi connectivity index (χ1n) is 12.4. The summed E-state index contributed by atoms with van der Waals surface area (Å²) in [4.78, 5) is 33.2. The maximum atomic E-state index is 12.5. The SMILES string of the molecule is CCN(CC)CCCNC(=O)c1ccc(-c2nc(CCN(C)C(=O)Nc3ccccc3C)no2)cc1. The number of para-hydroxylation sites is 1. The largest absolute Gasteiger partial charge is 0.352 e. The van der Waals surface area contributed by atoms with Gasteiger partial charge in [-0.25, -0.2) is 4.79 Å². The van der Waals surface area contributed by atoms with E-state index in [0.29, 0.717) is 36.8 Å². The summed E-state index contributed by atoms with van der Waals surface area (Å²) < 4.78 is 5.39. The predicted molar refractivity (Wildman–Crippen MR) is 141 cm³/mol. The number of rotatable bonds is 12. The highest BCUT2D eigenvalue weighted by molar-refractivity contribution is 5.94. The number of aromatic nitrogens is 2. The van der Waals surface area contributed by atoms with Crippen LogP contribution in [0.4, 0.5) is 10.5 Å². The zero-order valence-corrected chi connectivity index (χ0v) is 21.6. The molecule has 192 valence electrons. The second-order valence-electron chi connectivity index (χ2n) is 8.65. The van der Waals surface area contributed by atoms with Gasteiger partial charge in [-0.1, -0.05) is 37.2 Å². The summed E-state index contributed by atoms with van der Waals surface area (Å²) in [6.45, 7) is 10.3. The molecule has 3 amide bonds. The first-order valence-corrected chi connectivity index (χ1v) is 12.4. The van der Waals surface area contributed by atoms with E-state index < -0.39 is 0 Å². The van der Waals surface area contributed by atoms with Crippen LogP contribution in [0.5, 0.6) is 0 Å². The van der Waals surface area contributed by atoms with Crippen molar-refractivity contribution in [1.82, 2.24) is 25.3 Å². The van der Waals surface area contributed by atoms with Gasteiger partial charge in [0.1, 0.15) is 0 Å². The van der Waals surface area contributed by atoms with Crippen LogP contribution in [0.1, 0.15) is 42.0 Å². The molecule has 0 radical (unpaired) electrons. The average molecular weight is 493 g/mol. The molecular weight excluding hydrogens is 456 g/mol. The van der Waals surface area contributed by atoms with Crippen LogP contribution in [0, 0.1) is 6.92 Å². The normalized spacial score (nSPS) is 10.9. The Labute approximate surface area is 212 Å². The molecule has 0 aliphatic carbocycles. The van der Waals surface area contributed by atoms with Gasteiger partial charge in [0.2, 0.25) is 0 Å². The highest BCUT2D eigenvalue weighted by Gasteiger charge is 2.14. The number of urea groups is 1. The lowest BCUT2D eigenvalue weighted by Crippen LogP contribution is -2.33. The first-order chi connectivity index (χ1) is 17.4. The van der Waals surface area contributed by atoms with E-state index in [-0.39, 0.29) is 11.9 Å². The number of carbonyl (C=O) groups excluding carboxylic acids is 2. The molecule has 0 aliphatic rings. The van der Waals surface area contributed by atoms with E-state index >= 15 is 0 Å². The number of hydrogen-bond acceptors (Lipinski definition) is 6. The maximum absolute atomic E-state index is 12.5. The molecule has 0 unspecified atom stereocenters. The quantitative estimate of drug-likeness (QED) is 0.367. The molecule has 1 aromatic heterocycles.